The average molecular weight is 174 g/mol. The summed E-state index contributed by atoms with van der Waals surface area (Å²) >= 11 is 1.56. The molecule has 0 fully saturated rings. The van der Waals surface area contributed by atoms with Gasteiger partial charge in [-0.3, -0.25) is 0 Å². The van der Waals surface area contributed by atoms with Gasteiger partial charge in [-0.1, -0.05) is 18.7 Å². The minimum Gasteiger partial charge on any atom is -0.394 e. The molecule has 0 saturated carbocycles. The summed E-state index contributed by atoms with van der Waals surface area (Å²) in [6.07, 6.45) is 0. The van der Waals surface area contributed by atoms with Crippen molar-refractivity contribution in [2.24, 2.45) is 0 Å². The van der Waals surface area contributed by atoms with Gasteiger partial charge in [-0.25, -0.2) is 4.68 Å². The van der Waals surface area contributed by atoms with Crippen LogP contribution in [0.25, 0.3) is 0 Å². The number of tetrazole rings is 1. The number of hydrogen-bond acceptors (Lipinski definition) is 5. The predicted molar refractivity (Wildman–Crippen MR) is 41.3 cm³/mol. The van der Waals surface area contributed by atoms with Crippen molar-refractivity contribution in [3.63, 3.8) is 0 Å². The molecular formula is C5H10N4OS. The molecule has 0 aliphatic carbocycles. The number of aromatic nitrogens is 4. The Bertz CT molecular complexity index is 194. The molecule has 1 heterocycles. The molecule has 1 aromatic rings. The van der Waals surface area contributed by atoms with Crippen LogP contribution < -0.4 is 0 Å². The molecule has 6 heteroatoms. The first-order chi connectivity index (χ1) is 5.38. The molecule has 0 unspecified atom stereocenters. The highest BCUT2D eigenvalue weighted by atomic mass is 32.2. The van der Waals surface area contributed by atoms with Crippen molar-refractivity contribution < 1.29 is 5.11 Å². The summed E-state index contributed by atoms with van der Waals surface area (Å²) in [6.45, 7) is 2.57. The Morgan fingerprint density at radius 3 is 3.09 bits per heavy atom. The van der Waals surface area contributed by atoms with Gasteiger partial charge in [0.25, 0.3) is 0 Å². The zero-order valence-corrected chi connectivity index (χ0v) is 7.08. The first-order valence-electron chi connectivity index (χ1n) is 3.38. The summed E-state index contributed by atoms with van der Waals surface area (Å²) in [4.78, 5) is 0. The van der Waals surface area contributed by atoms with Crippen molar-refractivity contribution in [3.05, 3.63) is 0 Å². The van der Waals surface area contributed by atoms with E-state index >= 15 is 0 Å². The fourth-order valence-corrected chi connectivity index (χ4v) is 1.29. The molecule has 0 saturated heterocycles. The first-order valence-corrected chi connectivity index (χ1v) is 4.37. The highest BCUT2D eigenvalue weighted by Crippen LogP contribution is 2.11. The van der Waals surface area contributed by atoms with E-state index in [0.717, 1.165) is 10.9 Å². The van der Waals surface area contributed by atoms with E-state index in [0.29, 0.717) is 6.54 Å². The number of nitrogens with zero attached hydrogens (tertiary/aromatic N) is 4. The maximum absolute atomic E-state index is 8.61. The van der Waals surface area contributed by atoms with Gasteiger partial charge in [-0.15, -0.1) is 5.10 Å². The molecule has 0 atom stereocenters. The number of aliphatic hydroxyl groups excluding tert-OH is 1. The van der Waals surface area contributed by atoms with Crippen molar-refractivity contribution in [3.8, 4) is 0 Å². The van der Waals surface area contributed by atoms with Gasteiger partial charge in [0.1, 0.15) is 0 Å². The van der Waals surface area contributed by atoms with E-state index in [4.69, 9.17) is 5.11 Å². The zero-order valence-electron chi connectivity index (χ0n) is 6.27. The second kappa shape index (κ2) is 4.30. The van der Waals surface area contributed by atoms with E-state index in [9.17, 15) is 0 Å². The van der Waals surface area contributed by atoms with Crippen LogP contribution in [0.15, 0.2) is 5.16 Å². The second-order valence-electron chi connectivity index (χ2n) is 1.84. The third-order valence-electron chi connectivity index (χ3n) is 1.08. The zero-order chi connectivity index (χ0) is 8.10. The van der Waals surface area contributed by atoms with Crippen molar-refractivity contribution >= 4 is 11.8 Å². The van der Waals surface area contributed by atoms with Gasteiger partial charge in [0, 0.05) is 0 Å². The second-order valence-corrected chi connectivity index (χ2v) is 3.07. The lowest BCUT2D eigenvalue weighted by atomic mass is 10.7. The van der Waals surface area contributed by atoms with Crippen LogP contribution in [0.1, 0.15) is 6.92 Å². The third-order valence-corrected chi connectivity index (χ3v) is 1.92. The van der Waals surface area contributed by atoms with E-state index in [1.54, 1.807) is 16.4 Å². The van der Waals surface area contributed by atoms with Crippen molar-refractivity contribution in [1.29, 1.82) is 0 Å². The van der Waals surface area contributed by atoms with Gasteiger partial charge in [0.05, 0.1) is 13.2 Å². The molecule has 0 aliphatic rings. The summed E-state index contributed by atoms with van der Waals surface area (Å²) in [5.74, 6) is 0.936. The Labute approximate surface area is 68.8 Å². The van der Waals surface area contributed by atoms with E-state index < -0.39 is 0 Å². The van der Waals surface area contributed by atoms with Gasteiger partial charge < -0.3 is 5.11 Å². The number of thioether (sulfide) groups is 1. The summed E-state index contributed by atoms with van der Waals surface area (Å²) < 4.78 is 1.59. The van der Waals surface area contributed by atoms with E-state index in [1.165, 1.54) is 0 Å². The molecule has 0 spiro atoms. The molecule has 0 aromatic carbocycles. The quantitative estimate of drug-likeness (QED) is 0.639. The largest absolute Gasteiger partial charge is 0.394 e. The van der Waals surface area contributed by atoms with E-state index in [1.807, 2.05) is 6.92 Å². The summed E-state index contributed by atoms with van der Waals surface area (Å²) in [6, 6.07) is 0. The fourth-order valence-electron chi connectivity index (χ4n) is 0.664. The summed E-state index contributed by atoms with van der Waals surface area (Å²) in [5, 5.41) is 20.3. The Morgan fingerprint density at radius 1 is 1.64 bits per heavy atom. The minimum atomic E-state index is 0.0717. The van der Waals surface area contributed by atoms with Crippen molar-refractivity contribution in [2.45, 2.75) is 18.6 Å². The Balaban J connectivity index is 2.62. The van der Waals surface area contributed by atoms with Crippen LogP contribution in [-0.2, 0) is 6.54 Å². The van der Waals surface area contributed by atoms with Crippen LogP contribution in [-0.4, -0.2) is 37.7 Å². The van der Waals surface area contributed by atoms with Crippen molar-refractivity contribution in [2.75, 3.05) is 12.4 Å². The van der Waals surface area contributed by atoms with Crippen LogP contribution in [0.4, 0.5) is 0 Å². The number of aliphatic hydroxyl groups is 1. The highest BCUT2D eigenvalue weighted by Gasteiger charge is 2.02. The normalized spacial score (nSPS) is 10.4. The van der Waals surface area contributed by atoms with E-state index in [-0.39, 0.29) is 6.61 Å². The molecular weight excluding hydrogens is 164 g/mol. The standard InChI is InChI=1S/C5H10N4OS/c1-2-11-5-6-7-8-9(5)3-4-10/h10H,2-4H2,1H3. The fraction of sp³-hybridized carbons (Fsp3) is 0.800. The lowest BCUT2D eigenvalue weighted by molar-refractivity contribution is 0.262. The van der Waals surface area contributed by atoms with Gasteiger partial charge >= 0.3 is 0 Å². The molecule has 5 nitrogen and oxygen atoms in total. The molecule has 1 N–H and O–H groups in total. The maximum atomic E-state index is 8.61. The van der Waals surface area contributed by atoms with Gasteiger partial charge in [-0.05, 0) is 16.2 Å². The van der Waals surface area contributed by atoms with Crippen LogP contribution in [0.3, 0.4) is 0 Å². The first kappa shape index (κ1) is 8.48. The predicted octanol–water partition coefficient (Wildman–Crippen LogP) is -0.223. The van der Waals surface area contributed by atoms with Gasteiger partial charge in [0.2, 0.25) is 5.16 Å². The smallest absolute Gasteiger partial charge is 0.209 e. The van der Waals surface area contributed by atoms with Crippen LogP contribution in [0.5, 0.6) is 0 Å². The summed E-state index contributed by atoms with van der Waals surface area (Å²) in [5.41, 5.74) is 0. The Morgan fingerprint density at radius 2 is 2.45 bits per heavy atom. The Hall–Kier alpha value is -0.620. The molecule has 1 aromatic heterocycles. The molecule has 1 rings (SSSR count). The molecule has 62 valence electrons. The average Bonchev–Trinajstić information content (AvgIpc) is 2.39. The van der Waals surface area contributed by atoms with Crippen molar-refractivity contribution in [1.82, 2.24) is 20.2 Å². The molecule has 0 bridgehead atoms. The monoisotopic (exact) mass is 174 g/mol. The maximum Gasteiger partial charge on any atom is 0.209 e. The van der Waals surface area contributed by atoms with Gasteiger partial charge in [0.15, 0.2) is 0 Å². The van der Waals surface area contributed by atoms with Gasteiger partial charge in [-0.2, -0.15) is 0 Å². The molecule has 11 heavy (non-hydrogen) atoms. The molecule has 0 amide bonds. The topological polar surface area (TPSA) is 63.8 Å². The lowest BCUT2D eigenvalue weighted by Crippen LogP contribution is -2.05. The molecule has 0 aliphatic heterocycles. The van der Waals surface area contributed by atoms with Crippen LogP contribution in [0, 0.1) is 0 Å². The van der Waals surface area contributed by atoms with E-state index in [2.05, 4.69) is 15.5 Å². The summed E-state index contributed by atoms with van der Waals surface area (Å²) in [7, 11) is 0. The highest BCUT2D eigenvalue weighted by molar-refractivity contribution is 7.99. The number of hydrogen-bond donors (Lipinski definition) is 1. The third kappa shape index (κ3) is 2.16. The van der Waals surface area contributed by atoms with Crippen LogP contribution >= 0.6 is 11.8 Å². The minimum absolute atomic E-state index is 0.0717. The SMILES string of the molecule is CCSc1nnnn1CCO. The number of rotatable bonds is 4. The molecule has 0 radical (unpaired) electrons. The lowest BCUT2D eigenvalue weighted by Gasteiger charge is -1.98. The Kier molecular flexibility index (Phi) is 3.31. The van der Waals surface area contributed by atoms with Crippen LogP contribution in [0.2, 0.25) is 0 Å².